The first-order chi connectivity index (χ1) is 21.5. The lowest BCUT2D eigenvalue weighted by atomic mass is 9.97. The van der Waals surface area contributed by atoms with E-state index < -0.39 is 55.2 Å². The van der Waals surface area contributed by atoms with E-state index in [2.05, 4.69) is 20.0 Å². The van der Waals surface area contributed by atoms with Gasteiger partial charge in [-0.15, -0.1) is 0 Å². The molecule has 1 saturated heterocycles. The summed E-state index contributed by atoms with van der Waals surface area (Å²) in [7, 11) is 3.53. The number of hydrogen-bond donors (Lipinski definition) is 2. The minimum atomic E-state index is -3.82. The first-order valence-electron chi connectivity index (χ1n) is 14.6. The van der Waals surface area contributed by atoms with E-state index in [1.54, 1.807) is 51.9 Å². The Hall–Kier alpha value is -3.33. The Morgan fingerprint density at radius 2 is 1.89 bits per heavy atom. The fourth-order valence-corrected chi connectivity index (χ4v) is 7.54. The first-order valence-corrected chi connectivity index (χ1v) is 17.2. The van der Waals surface area contributed by atoms with Gasteiger partial charge in [-0.3, -0.25) is 9.36 Å². The van der Waals surface area contributed by atoms with Gasteiger partial charge >= 0.3 is 12.6 Å². The maximum absolute atomic E-state index is 16.6. The molecule has 3 heterocycles. The van der Waals surface area contributed by atoms with Crippen molar-refractivity contribution in [1.29, 1.82) is 0 Å². The van der Waals surface area contributed by atoms with E-state index in [-0.39, 0.29) is 5.65 Å². The fourth-order valence-electron chi connectivity index (χ4n) is 5.15. The number of esters is 1. The van der Waals surface area contributed by atoms with Crippen LogP contribution in [0, 0.1) is 6.92 Å². The lowest BCUT2D eigenvalue weighted by Gasteiger charge is -2.30. The SMILES string of the molecule is Cc1nc(N(C)C)c2ncn([C@@H]3O[C@](F)(COP(=S)(N[C@H](C)C(=O)OC(C)C)Oc4cccc5ccccc45)[C@@H](O)[C@@]3(C)F)c2n1. The van der Waals surface area contributed by atoms with Crippen molar-refractivity contribution in [2.45, 2.75) is 70.6 Å². The van der Waals surface area contributed by atoms with Crippen molar-refractivity contribution in [3.63, 3.8) is 0 Å². The molecule has 2 aromatic heterocycles. The van der Waals surface area contributed by atoms with Crippen LogP contribution in [0.15, 0.2) is 48.8 Å². The summed E-state index contributed by atoms with van der Waals surface area (Å²) in [5.41, 5.74) is -2.16. The van der Waals surface area contributed by atoms with Crippen molar-refractivity contribution in [1.82, 2.24) is 24.6 Å². The summed E-state index contributed by atoms with van der Waals surface area (Å²) in [6.07, 6.45) is -3.18. The molecule has 16 heteroatoms. The van der Waals surface area contributed by atoms with Gasteiger partial charge in [0.05, 0.1) is 12.4 Å². The van der Waals surface area contributed by atoms with E-state index in [1.807, 2.05) is 30.3 Å². The van der Waals surface area contributed by atoms with Crippen LogP contribution >= 0.6 is 6.64 Å². The second-order valence-electron chi connectivity index (χ2n) is 11.8. The minimum absolute atomic E-state index is 0.186. The van der Waals surface area contributed by atoms with Gasteiger partial charge in [-0.05, 0) is 57.9 Å². The van der Waals surface area contributed by atoms with Crippen molar-refractivity contribution >= 4 is 52.2 Å². The molecule has 248 valence electrons. The third-order valence-electron chi connectivity index (χ3n) is 7.38. The van der Waals surface area contributed by atoms with Crippen LogP contribution in [0.1, 0.15) is 39.7 Å². The largest absolute Gasteiger partial charge is 0.462 e. The molecule has 2 N–H and O–H groups in total. The zero-order chi connectivity index (χ0) is 33.6. The van der Waals surface area contributed by atoms with Crippen molar-refractivity contribution in [2.75, 3.05) is 25.6 Å². The number of aromatic nitrogens is 4. The van der Waals surface area contributed by atoms with Crippen LogP contribution in [0.5, 0.6) is 5.75 Å². The summed E-state index contributed by atoms with van der Waals surface area (Å²) in [4.78, 5) is 27.5. The van der Waals surface area contributed by atoms with Crippen LogP contribution < -0.4 is 14.5 Å². The maximum atomic E-state index is 16.6. The van der Waals surface area contributed by atoms with Crippen LogP contribution in [-0.2, 0) is 30.6 Å². The van der Waals surface area contributed by atoms with Crippen LogP contribution in [0.4, 0.5) is 14.6 Å². The van der Waals surface area contributed by atoms with Gasteiger partial charge < -0.3 is 28.5 Å². The standard InChI is InChI=1S/C30H37F2N6O6PS/c1-17(2)42-26(39)18(3)36-45(46,44-22-14-10-12-20-11-8-9-13-21(20)22)41-15-30(32)27(40)29(5,31)28(43-30)38-16-33-23-24(37(6)7)34-19(4)35-25(23)38/h8-14,16-18,27-28,40H,15H2,1-7H3,(H,36,46)/t18-,27+,28-,29-,30-,45?/m1/s1. The molecule has 0 aliphatic carbocycles. The van der Waals surface area contributed by atoms with Gasteiger partial charge in [0.15, 0.2) is 35.0 Å². The van der Waals surface area contributed by atoms with Crippen molar-refractivity contribution in [3.05, 3.63) is 54.6 Å². The highest BCUT2D eigenvalue weighted by atomic mass is 32.5. The predicted octanol–water partition coefficient (Wildman–Crippen LogP) is 4.89. The normalized spacial score (nSPS) is 25.1. The summed E-state index contributed by atoms with van der Waals surface area (Å²) in [6, 6.07) is 11.6. The average molecular weight is 679 g/mol. The molecule has 1 fully saturated rings. The number of anilines is 1. The number of alkyl halides is 2. The number of halogens is 2. The predicted molar refractivity (Wildman–Crippen MR) is 173 cm³/mol. The number of carbonyl (C=O) groups is 1. The molecule has 0 saturated carbocycles. The highest BCUT2D eigenvalue weighted by Gasteiger charge is 2.65. The van der Waals surface area contributed by atoms with Crippen molar-refractivity contribution in [3.8, 4) is 5.75 Å². The molecule has 0 bridgehead atoms. The van der Waals surface area contributed by atoms with Crippen molar-refractivity contribution in [2.24, 2.45) is 0 Å². The molecule has 1 aliphatic heterocycles. The summed E-state index contributed by atoms with van der Waals surface area (Å²) < 4.78 is 57.1. The number of aliphatic hydroxyl groups is 1. The number of aliphatic hydroxyl groups excluding tert-OH is 1. The van der Waals surface area contributed by atoms with E-state index in [9.17, 15) is 9.90 Å². The van der Waals surface area contributed by atoms with Gasteiger partial charge in [-0.2, -0.15) is 0 Å². The lowest BCUT2D eigenvalue weighted by molar-refractivity contribution is -0.202. The van der Waals surface area contributed by atoms with Crippen LogP contribution in [0.25, 0.3) is 21.9 Å². The number of fused-ring (bicyclic) bond motifs is 2. The molecule has 2 aromatic carbocycles. The first kappa shape index (κ1) is 34.0. The third kappa shape index (κ3) is 6.57. The number of hydrogen-bond acceptors (Lipinski definition) is 11. The molecular formula is C30H37F2N6O6PS. The highest BCUT2D eigenvalue weighted by molar-refractivity contribution is 8.09. The number of ether oxygens (including phenoxy) is 2. The number of benzene rings is 2. The van der Waals surface area contributed by atoms with E-state index in [0.29, 0.717) is 28.3 Å². The van der Waals surface area contributed by atoms with Gasteiger partial charge in [-0.25, -0.2) is 28.8 Å². The summed E-state index contributed by atoms with van der Waals surface area (Å²) in [5, 5.41) is 15.4. The molecule has 1 aliphatic rings. The number of carbonyl (C=O) groups excluding carboxylic acids is 1. The number of nitrogens with one attached hydrogen (secondary N) is 1. The molecule has 1 unspecified atom stereocenters. The number of nitrogens with zero attached hydrogens (tertiary/aromatic N) is 5. The van der Waals surface area contributed by atoms with Crippen LogP contribution in [-0.4, -0.2) is 81.1 Å². The molecule has 0 spiro atoms. The van der Waals surface area contributed by atoms with Gasteiger partial charge in [0.1, 0.15) is 24.2 Å². The Bertz CT molecular complexity index is 1800. The maximum Gasteiger partial charge on any atom is 0.323 e. The molecule has 5 rings (SSSR count). The number of aryl methyl sites for hydroxylation is 1. The third-order valence-corrected chi connectivity index (χ3v) is 9.85. The van der Waals surface area contributed by atoms with Gasteiger partial charge in [-0.1, -0.05) is 36.4 Å². The Labute approximate surface area is 270 Å². The topological polar surface area (TPSA) is 133 Å². The van der Waals surface area contributed by atoms with E-state index in [4.69, 9.17) is 30.3 Å². The number of imidazole rings is 1. The zero-order valence-electron chi connectivity index (χ0n) is 26.5. The second-order valence-corrected chi connectivity index (χ2v) is 14.9. The minimum Gasteiger partial charge on any atom is -0.462 e. The van der Waals surface area contributed by atoms with Crippen molar-refractivity contribution < 1.29 is 37.2 Å². The monoisotopic (exact) mass is 678 g/mol. The van der Waals surface area contributed by atoms with Gasteiger partial charge in [0.2, 0.25) is 0 Å². The Morgan fingerprint density at radius 3 is 2.59 bits per heavy atom. The summed E-state index contributed by atoms with van der Waals surface area (Å²) >= 11 is 5.77. The Kier molecular flexibility index (Phi) is 9.39. The zero-order valence-corrected chi connectivity index (χ0v) is 28.2. The van der Waals surface area contributed by atoms with Crippen LogP contribution in [0.2, 0.25) is 0 Å². The smallest absolute Gasteiger partial charge is 0.323 e. The molecule has 46 heavy (non-hydrogen) atoms. The number of rotatable bonds is 11. The quantitative estimate of drug-likeness (QED) is 0.165. The van der Waals surface area contributed by atoms with Crippen LogP contribution in [0.3, 0.4) is 0 Å². The molecule has 0 amide bonds. The Balaban J connectivity index is 1.46. The molecule has 0 radical (unpaired) electrons. The molecule has 4 aromatic rings. The Morgan fingerprint density at radius 1 is 1.20 bits per heavy atom. The van der Waals surface area contributed by atoms with E-state index >= 15 is 8.78 Å². The highest BCUT2D eigenvalue weighted by Crippen LogP contribution is 2.53. The molecule has 6 atom stereocenters. The van der Waals surface area contributed by atoms with Gasteiger partial charge in [0.25, 0.3) is 5.85 Å². The summed E-state index contributed by atoms with van der Waals surface area (Å²) in [6.45, 7) is 2.69. The van der Waals surface area contributed by atoms with E-state index in [1.165, 1.54) is 17.8 Å². The lowest BCUT2D eigenvalue weighted by Crippen LogP contribution is -2.47. The summed E-state index contributed by atoms with van der Waals surface area (Å²) in [5.74, 6) is -2.59. The fraction of sp³-hybridized carbons (Fsp3) is 0.467. The molecular weight excluding hydrogens is 641 g/mol. The van der Waals surface area contributed by atoms with E-state index in [0.717, 1.165) is 12.3 Å². The van der Waals surface area contributed by atoms with Gasteiger partial charge in [0, 0.05) is 19.5 Å². The average Bonchev–Trinajstić information content (AvgIpc) is 3.47. The second kappa shape index (κ2) is 12.7. The molecule has 12 nitrogen and oxygen atoms in total.